The Hall–Kier alpha value is -3.22. The highest BCUT2D eigenvalue weighted by Gasteiger charge is 2.32. The predicted molar refractivity (Wildman–Crippen MR) is 96.4 cm³/mol. The second-order valence-corrected chi connectivity index (χ2v) is 6.51. The van der Waals surface area contributed by atoms with Gasteiger partial charge in [0.1, 0.15) is 5.82 Å². The highest BCUT2D eigenvalue weighted by atomic mass is 16.2. The van der Waals surface area contributed by atoms with Crippen LogP contribution in [0.3, 0.4) is 0 Å². The van der Waals surface area contributed by atoms with E-state index in [1.165, 1.54) is 0 Å². The van der Waals surface area contributed by atoms with Gasteiger partial charge in [-0.3, -0.25) is 9.59 Å². The van der Waals surface area contributed by atoms with Crippen LogP contribution in [0.2, 0.25) is 0 Å². The van der Waals surface area contributed by atoms with Crippen molar-refractivity contribution in [1.29, 1.82) is 0 Å². The SMILES string of the molecule is Cc1nc2c(NC(=O)[C@H]3CC(=O)N[C@@H](c4ccccc4)C3)cccn2n1. The van der Waals surface area contributed by atoms with Crippen LogP contribution < -0.4 is 10.6 Å². The van der Waals surface area contributed by atoms with Gasteiger partial charge in [-0.1, -0.05) is 30.3 Å². The molecule has 0 saturated carbocycles. The molecule has 1 aliphatic heterocycles. The number of nitrogens with one attached hydrogen (secondary N) is 2. The summed E-state index contributed by atoms with van der Waals surface area (Å²) < 4.78 is 1.63. The number of amides is 2. The third-order valence-electron chi connectivity index (χ3n) is 4.59. The van der Waals surface area contributed by atoms with Crippen molar-refractivity contribution in [2.75, 3.05) is 5.32 Å². The van der Waals surface area contributed by atoms with Crippen molar-refractivity contribution in [2.24, 2.45) is 5.92 Å². The molecule has 132 valence electrons. The average Bonchev–Trinajstić information content (AvgIpc) is 3.03. The third-order valence-corrected chi connectivity index (χ3v) is 4.59. The average molecular weight is 349 g/mol. The zero-order valence-corrected chi connectivity index (χ0v) is 14.3. The van der Waals surface area contributed by atoms with Gasteiger partial charge in [0.05, 0.1) is 11.7 Å². The zero-order chi connectivity index (χ0) is 18.1. The molecule has 2 atom stereocenters. The molecule has 0 unspecified atom stereocenters. The van der Waals surface area contributed by atoms with E-state index >= 15 is 0 Å². The molecule has 0 bridgehead atoms. The number of carbonyl (C=O) groups is 2. The fraction of sp³-hybridized carbons (Fsp3) is 0.263. The molecule has 1 fully saturated rings. The minimum atomic E-state index is -0.391. The van der Waals surface area contributed by atoms with Crippen LogP contribution in [0, 0.1) is 12.8 Å². The fourth-order valence-electron chi connectivity index (χ4n) is 3.35. The highest BCUT2D eigenvalue weighted by Crippen LogP contribution is 2.29. The van der Waals surface area contributed by atoms with E-state index in [4.69, 9.17) is 0 Å². The van der Waals surface area contributed by atoms with E-state index in [1.54, 1.807) is 29.8 Å². The summed E-state index contributed by atoms with van der Waals surface area (Å²) in [5.41, 5.74) is 2.20. The second kappa shape index (κ2) is 6.59. The number of fused-ring (bicyclic) bond motifs is 1. The molecular formula is C19H19N5O2. The van der Waals surface area contributed by atoms with Gasteiger partial charge in [-0.2, -0.15) is 5.10 Å². The maximum absolute atomic E-state index is 12.8. The molecule has 7 heteroatoms. The van der Waals surface area contributed by atoms with E-state index < -0.39 is 5.92 Å². The minimum absolute atomic E-state index is 0.109. The number of carbonyl (C=O) groups excluding carboxylic acids is 2. The van der Waals surface area contributed by atoms with E-state index in [9.17, 15) is 9.59 Å². The normalized spacial score (nSPS) is 20.0. The third kappa shape index (κ3) is 3.15. The Bertz CT molecular complexity index is 966. The zero-order valence-electron chi connectivity index (χ0n) is 14.3. The molecule has 2 amide bonds. The lowest BCUT2D eigenvalue weighted by atomic mass is 9.87. The number of benzene rings is 1. The van der Waals surface area contributed by atoms with Crippen molar-refractivity contribution >= 4 is 23.1 Å². The Labute approximate surface area is 150 Å². The summed E-state index contributed by atoms with van der Waals surface area (Å²) in [5, 5.41) is 10.1. The molecule has 0 aliphatic carbocycles. The van der Waals surface area contributed by atoms with Crippen molar-refractivity contribution < 1.29 is 9.59 Å². The van der Waals surface area contributed by atoms with Gasteiger partial charge in [-0.15, -0.1) is 0 Å². The number of hydrogen-bond acceptors (Lipinski definition) is 4. The summed E-state index contributed by atoms with van der Waals surface area (Å²) in [6.45, 7) is 1.80. The summed E-state index contributed by atoms with van der Waals surface area (Å²) in [4.78, 5) is 29.3. The molecule has 7 nitrogen and oxygen atoms in total. The van der Waals surface area contributed by atoms with Crippen molar-refractivity contribution in [3.8, 4) is 0 Å². The van der Waals surface area contributed by atoms with E-state index in [1.807, 2.05) is 30.3 Å². The number of aromatic nitrogens is 3. The van der Waals surface area contributed by atoms with Gasteiger partial charge in [0.15, 0.2) is 5.65 Å². The standard InChI is InChI=1S/C19H19N5O2/c1-12-20-18-15(8-5-9-24(18)23-12)22-19(26)14-10-16(21-17(25)11-14)13-6-3-2-4-7-13/h2-9,14,16H,10-11H2,1H3,(H,21,25)(H,22,26)/t14-,16-/m1/s1. The fourth-order valence-corrected chi connectivity index (χ4v) is 3.35. The van der Waals surface area contributed by atoms with E-state index in [-0.39, 0.29) is 24.3 Å². The lowest BCUT2D eigenvalue weighted by Gasteiger charge is -2.29. The smallest absolute Gasteiger partial charge is 0.228 e. The number of aryl methyl sites for hydroxylation is 1. The van der Waals surface area contributed by atoms with E-state index in [2.05, 4.69) is 20.7 Å². The van der Waals surface area contributed by atoms with Crippen LogP contribution >= 0.6 is 0 Å². The van der Waals surface area contributed by atoms with Crippen LogP contribution in [0.4, 0.5) is 5.69 Å². The lowest BCUT2D eigenvalue weighted by Crippen LogP contribution is -2.41. The van der Waals surface area contributed by atoms with Gasteiger partial charge < -0.3 is 10.6 Å². The summed E-state index contributed by atoms with van der Waals surface area (Å²) in [7, 11) is 0. The maximum Gasteiger partial charge on any atom is 0.228 e. The topological polar surface area (TPSA) is 88.4 Å². The molecule has 2 N–H and O–H groups in total. The number of rotatable bonds is 3. The summed E-state index contributed by atoms with van der Waals surface area (Å²) in [6.07, 6.45) is 2.53. The van der Waals surface area contributed by atoms with Crippen LogP contribution in [0.5, 0.6) is 0 Å². The molecule has 26 heavy (non-hydrogen) atoms. The molecule has 2 aromatic heterocycles. The molecule has 4 rings (SSSR count). The van der Waals surface area contributed by atoms with Crippen LogP contribution in [-0.2, 0) is 9.59 Å². The Balaban J connectivity index is 1.54. The first kappa shape index (κ1) is 16.3. The number of nitrogens with zero attached hydrogens (tertiary/aromatic N) is 3. The number of pyridine rings is 1. The first-order chi connectivity index (χ1) is 12.6. The Morgan fingerprint density at radius 1 is 1.23 bits per heavy atom. The second-order valence-electron chi connectivity index (χ2n) is 6.51. The highest BCUT2D eigenvalue weighted by molar-refractivity contribution is 5.98. The largest absolute Gasteiger partial charge is 0.349 e. The first-order valence-corrected chi connectivity index (χ1v) is 8.57. The van der Waals surface area contributed by atoms with Crippen LogP contribution in [-0.4, -0.2) is 26.4 Å². The van der Waals surface area contributed by atoms with Gasteiger partial charge in [-0.05, 0) is 31.0 Å². The van der Waals surface area contributed by atoms with Crippen LogP contribution in [0.15, 0.2) is 48.7 Å². The molecule has 1 aliphatic rings. The maximum atomic E-state index is 12.8. The van der Waals surface area contributed by atoms with Crippen molar-refractivity contribution in [2.45, 2.75) is 25.8 Å². The number of hydrogen-bond donors (Lipinski definition) is 2. The Morgan fingerprint density at radius 2 is 2.04 bits per heavy atom. The van der Waals surface area contributed by atoms with Gasteiger partial charge in [0.2, 0.25) is 11.8 Å². The molecule has 1 saturated heterocycles. The summed E-state index contributed by atoms with van der Waals surface area (Å²) in [6, 6.07) is 13.2. The van der Waals surface area contributed by atoms with Gasteiger partial charge in [-0.25, -0.2) is 9.50 Å². The van der Waals surface area contributed by atoms with Crippen molar-refractivity contribution in [1.82, 2.24) is 19.9 Å². The van der Waals surface area contributed by atoms with Crippen LogP contribution in [0.25, 0.3) is 5.65 Å². The van der Waals surface area contributed by atoms with E-state index in [0.29, 0.717) is 23.6 Å². The monoisotopic (exact) mass is 349 g/mol. The molecule has 0 radical (unpaired) electrons. The van der Waals surface area contributed by atoms with Crippen molar-refractivity contribution in [3.05, 3.63) is 60.0 Å². The predicted octanol–water partition coefficient (Wildman–Crippen LogP) is 2.24. The molecule has 3 aromatic rings. The Kier molecular flexibility index (Phi) is 4.12. The van der Waals surface area contributed by atoms with Crippen LogP contribution in [0.1, 0.15) is 30.3 Å². The van der Waals surface area contributed by atoms with Gasteiger partial charge in [0.25, 0.3) is 0 Å². The minimum Gasteiger partial charge on any atom is -0.349 e. The number of anilines is 1. The van der Waals surface area contributed by atoms with Crippen molar-refractivity contribution in [3.63, 3.8) is 0 Å². The Morgan fingerprint density at radius 3 is 2.85 bits per heavy atom. The molecule has 1 aromatic carbocycles. The molecule has 0 spiro atoms. The summed E-state index contributed by atoms with van der Waals surface area (Å²) >= 11 is 0. The number of piperidine rings is 1. The molecule has 3 heterocycles. The van der Waals surface area contributed by atoms with Gasteiger partial charge in [0, 0.05) is 18.5 Å². The quantitative estimate of drug-likeness (QED) is 0.759. The van der Waals surface area contributed by atoms with Gasteiger partial charge >= 0.3 is 0 Å². The summed E-state index contributed by atoms with van der Waals surface area (Å²) in [5.74, 6) is -0.0394. The molecular weight excluding hydrogens is 330 g/mol. The first-order valence-electron chi connectivity index (χ1n) is 8.57. The van der Waals surface area contributed by atoms with E-state index in [0.717, 1.165) is 5.56 Å². The lowest BCUT2D eigenvalue weighted by molar-refractivity contribution is -0.131.